The molecule has 24 heavy (non-hydrogen) atoms. The fourth-order valence-corrected chi connectivity index (χ4v) is 2.14. The molecular formula is C19H18N2O3. The summed E-state index contributed by atoms with van der Waals surface area (Å²) in [5.41, 5.74) is 1.11. The first-order valence-corrected chi connectivity index (χ1v) is 7.36. The van der Waals surface area contributed by atoms with Gasteiger partial charge in [0.1, 0.15) is 11.8 Å². The molecule has 0 unspecified atom stereocenters. The van der Waals surface area contributed by atoms with Crippen LogP contribution in [0.15, 0.2) is 54.6 Å². The van der Waals surface area contributed by atoms with Gasteiger partial charge in [0.15, 0.2) is 0 Å². The Morgan fingerprint density at radius 1 is 1.12 bits per heavy atom. The average molecular weight is 322 g/mol. The third-order valence-electron chi connectivity index (χ3n) is 3.39. The average Bonchev–Trinajstić information content (AvgIpc) is 2.64. The van der Waals surface area contributed by atoms with Crippen LogP contribution in [0.2, 0.25) is 0 Å². The van der Waals surface area contributed by atoms with Gasteiger partial charge in [0.2, 0.25) is 5.91 Å². The molecule has 5 heteroatoms. The van der Waals surface area contributed by atoms with Crippen molar-refractivity contribution < 1.29 is 14.3 Å². The molecular weight excluding hydrogens is 304 g/mol. The number of carbonyl (C=O) groups is 2. The van der Waals surface area contributed by atoms with Gasteiger partial charge < -0.3 is 15.4 Å². The second kappa shape index (κ2) is 8.39. The molecule has 0 aliphatic rings. The van der Waals surface area contributed by atoms with Crippen LogP contribution in [-0.4, -0.2) is 25.5 Å². The van der Waals surface area contributed by atoms with E-state index in [1.165, 1.54) is 0 Å². The maximum atomic E-state index is 12.4. The zero-order valence-electron chi connectivity index (χ0n) is 13.3. The van der Waals surface area contributed by atoms with E-state index in [4.69, 9.17) is 11.2 Å². The summed E-state index contributed by atoms with van der Waals surface area (Å²) in [6, 6.07) is 14.8. The van der Waals surface area contributed by atoms with Gasteiger partial charge in [-0.25, -0.2) is 0 Å². The highest BCUT2D eigenvalue weighted by atomic mass is 16.5. The molecule has 0 aromatic heterocycles. The standard InChI is InChI=1S/C19H18N2O3/c1-3-13-20-19(23)17(14-7-5-4-6-8-14)21-18(22)15-9-11-16(24-2)12-10-15/h1,4-12,17H,13H2,2H3,(H,20,23)(H,21,22)/t17-/m0/s1. The molecule has 2 aromatic carbocycles. The predicted octanol–water partition coefficient (Wildman–Crippen LogP) is 1.92. The number of carbonyl (C=O) groups excluding carboxylic acids is 2. The van der Waals surface area contributed by atoms with Gasteiger partial charge in [-0.05, 0) is 29.8 Å². The number of amides is 2. The highest BCUT2D eigenvalue weighted by Crippen LogP contribution is 2.15. The number of methoxy groups -OCH3 is 1. The highest BCUT2D eigenvalue weighted by molar-refractivity contribution is 5.98. The number of terminal acetylenes is 1. The van der Waals surface area contributed by atoms with Gasteiger partial charge in [0.25, 0.3) is 5.91 Å². The number of rotatable bonds is 6. The van der Waals surface area contributed by atoms with Gasteiger partial charge in [-0.15, -0.1) is 6.42 Å². The molecule has 0 spiro atoms. The monoisotopic (exact) mass is 322 g/mol. The number of hydrogen-bond donors (Lipinski definition) is 2. The van der Waals surface area contributed by atoms with E-state index in [0.717, 1.165) is 0 Å². The van der Waals surface area contributed by atoms with Crippen molar-refractivity contribution in [2.24, 2.45) is 0 Å². The lowest BCUT2D eigenvalue weighted by molar-refractivity contribution is -0.122. The van der Waals surface area contributed by atoms with Crippen molar-refractivity contribution in [2.75, 3.05) is 13.7 Å². The van der Waals surface area contributed by atoms with Crippen LogP contribution in [0.1, 0.15) is 22.0 Å². The number of nitrogens with one attached hydrogen (secondary N) is 2. The smallest absolute Gasteiger partial charge is 0.252 e. The molecule has 2 N–H and O–H groups in total. The lowest BCUT2D eigenvalue weighted by Gasteiger charge is -2.18. The second-order valence-corrected chi connectivity index (χ2v) is 4.97. The van der Waals surface area contributed by atoms with Gasteiger partial charge >= 0.3 is 0 Å². The number of benzene rings is 2. The van der Waals surface area contributed by atoms with Crippen LogP contribution in [-0.2, 0) is 4.79 Å². The summed E-state index contributed by atoms with van der Waals surface area (Å²) in [7, 11) is 1.55. The largest absolute Gasteiger partial charge is 0.497 e. The van der Waals surface area contributed by atoms with Crippen LogP contribution in [0, 0.1) is 12.3 Å². The van der Waals surface area contributed by atoms with Crippen LogP contribution >= 0.6 is 0 Å². The Balaban J connectivity index is 2.19. The van der Waals surface area contributed by atoms with Crippen molar-refractivity contribution in [3.63, 3.8) is 0 Å². The minimum atomic E-state index is -0.825. The summed E-state index contributed by atoms with van der Waals surface area (Å²) in [5, 5.41) is 5.33. The Morgan fingerprint density at radius 3 is 2.38 bits per heavy atom. The maximum absolute atomic E-state index is 12.4. The molecule has 0 bridgehead atoms. The zero-order chi connectivity index (χ0) is 17.4. The molecule has 0 heterocycles. The number of hydrogen-bond acceptors (Lipinski definition) is 3. The maximum Gasteiger partial charge on any atom is 0.252 e. The Labute approximate surface area is 141 Å². The SMILES string of the molecule is C#CCNC(=O)[C@@H](NC(=O)c1ccc(OC)cc1)c1ccccc1. The van der Waals surface area contributed by atoms with Crippen molar-refractivity contribution >= 4 is 11.8 Å². The molecule has 1 atom stereocenters. The zero-order valence-corrected chi connectivity index (χ0v) is 13.3. The topological polar surface area (TPSA) is 67.4 Å². The lowest BCUT2D eigenvalue weighted by Crippen LogP contribution is -2.40. The molecule has 0 aliphatic heterocycles. The van der Waals surface area contributed by atoms with Gasteiger partial charge in [0.05, 0.1) is 13.7 Å². The Morgan fingerprint density at radius 2 is 1.79 bits per heavy atom. The van der Waals surface area contributed by atoms with E-state index in [1.807, 2.05) is 6.07 Å². The first kappa shape index (κ1) is 17.1. The summed E-state index contributed by atoms with van der Waals surface area (Å²) in [6.07, 6.45) is 5.17. The van der Waals surface area contributed by atoms with Crippen molar-refractivity contribution in [3.8, 4) is 18.1 Å². The first-order valence-electron chi connectivity index (χ1n) is 7.36. The van der Waals surface area contributed by atoms with E-state index >= 15 is 0 Å². The molecule has 2 amide bonds. The van der Waals surface area contributed by atoms with E-state index in [0.29, 0.717) is 16.9 Å². The Hall–Kier alpha value is -3.26. The Bertz CT molecular complexity index is 733. The van der Waals surface area contributed by atoms with Crippen molar-refractivity contribution in [3.05, 3.63) is 65.7 Å². The summed E-state index contributed by atoms with van der Waals surface area (Å²) in [6.45, 7) is 0.0978. The summed E-state index contributed by atoms with van der Waals surface area (Å²) in [4.78, 5) is 24.8. The molecule has 122 valence electrons. The number of ether oxygens (including phenoxy) is 1. The van der Waals surface area contributed by atoms with Crippen LogP contribution in [0.25, 0.3) is 0 Å². The molecule has 2 aromatic rings. The minimum absolute atomic E-state index is 0.0978. The van der Waals surface area contributed by atoms with E-state index in [9.17, 15) is 9.59 Å². The Kier molecular flexibility index (Phi) is 5.98. The highest BCUT2D eigenvalue weighted by Gasteiger charge is 2.22. The first-order chi connectivity index (χ1) is 11.7. The van der Waals surface area contributed by atoms with Gasteiger partial charge in [-0.3, -0.25) is 9.59 Å². The van der Waals surface area contributed by atoms with E-state index in [-0.39, 0.29) is 18.4 Å². The van der Waals surface area contributed by atoms with Crippen LogP contribution in [0.3, 0.4) is 0 Å². The molecule has 5 nitrogen and oxygen atoms in total. The van der Waals surface area contributed by atoms with Crippen molar-refractivity contribution in [1.82, 2.24) is 10.6 Å². The minimum Gasteiger partial charge on any atom is -0.497 e. The van der Waals surface area contributed by atoms with Crippen LogP contribution < -0.4 is 15.4 Å². The molecule has 0 radical (unpaired) electrons. The summed E-state index contributed by atoms with van der Waals surface area (Å²) in [5.74, 6) is 2.28. The van der Waals surface area contributed by atoms with Crippen molar-refractivity contribution in [2.45, 2.75) is 6.04 Å². The summed E-state index contributed by atoms with van der Waals surface area (Å²) >= 11 is 0. The van der Waals surface area contributed by atoms with E-state index in [2.05, 4.69) is 16.6 Å². The fraction of sp³-hybridized carbons (Fsp3) is 0.158. The second-order valence-electron chi connectivity index (χ2n) is 4.97. The molecule has 2 rings (SSSR count). The third kappa shape index (κ3) is 4.37. The molecule has 0 aliphatic carbocycles. The molecule has 0 saturated heterocycles. The van der Waals surface area contributed by atoms with Crippen molar-refractivity contribution in [1.29, 1.82) is 0 Å². The van der Waals surface area contributed by atoms with Crippen LogP contribution in [0.5, 0.6) is 5.75 Å². The fourth-order valence-electron chi connectivity index (χ4n) is 2.14. The molecule has 0 saturated carbocycles. The predicted molar refractivity (Wildman–Crippen MR) is 91.5 cm³/mol. The van der Waals surface area contributed by atoms with Gasteiger partial charge in [0, 0.05) is 5.56 Å². The quantitative estimate of drug-likeness (QED) is 0.799. The van der Waals surface area contributed by atoms with Gasteiger partial charge in [-0.1, -0.05) is 36.3 Å². The molecule has 0 fully saturated rings. The normalized spacial score (nSPS) is 11.0. The van der Waals surface area contributed by atoms with E-state index in [1.54, 1.807) is 55.6 Å². The third-order valence-corrected chi connectivity index (χ3v) is 3.39. The van der Waals surface area contributed by atoms with E-state index < -0.39 is 6.04 Å². The van der Waals surface area contributed by atoms with Gasteiger partial charge in [-0.2, -0.15) is 0 Å². The lowest BCUT2D eigenvalue weighted by atomic mass is 10.1. The summed E-state index contributed by atoms with van der Waals surface area (Å²) < 4.78 is 5.07. The van der Waals surface area contributed by atoms with Crippen LogP contribution in [0.4, 0.5) is 0 Å².